The van der Waals surface area contributed by atoms with E-state index in [1.165, 1.54) is 22.1 Å². The first-order valence-electron chi connectivity index (χ1n) is 6.86. The Morgan fingerprint density at radius 1 is 1.00 bits per heavy atom. The van der Waals surface area contributed by atoms with Gasteiger partial charge in [0.15, 0.2) is 0 Å². The van der Waals surface area contributed by atoms with Crippen LogP contribution in [-0.4, -0.2) is 0 Å². The molecule has 0 fully saturated rings. The first kappa shape index (κ1) is 13.8. The maximum atomic E-state index is 13.8. The molecule has 1 nitrogen and oxygen atoms in total. The number of thiophene rings is 1. The van der Waals surface area contributed by atoms with Gasteiger partial charge in [0.05, 0.1) is 5.69 Å². The molecule has 0 aliphatic carbocycles. The molecule has 2 aromatic carbocycles. The van der Waals surface area contributed by atoms with E-state index in [4.69, 9.17) is 0 Å². The highest BCUT2D eigenvalue weighted by Gasteiger charge is 2.06. The predicted molar refractivity (Wildman–Crippen MR) is 88.2 cm³/mol. The zero-order chi connectivity index (χ0) is 14.7. The van der Waals surface area contributed by atoms with Gasteiger partial charge in [-0.3, -0.25) is 0 Å². The molecule has 0 saturated heterocycles. The van der Waals surface area contributed by atoms with Gasteiger partial charge in [-0.1, -0.05) is 42.5 Å². The zero-order valence-corrected chi connectivity index (χ0v) is 12.6. The second-order valence-electron chi connectivity index (χ2n) is 4.95. The molecular formula is C18H16FNS. The molecule has 0 bridgehead atoms. The minimum atomic E-state index is -0.199. The standard InChI is InChI=1S/C18H16FNS/c1-13-6-5-9-17(19)18(13)20-11-16-10-15(12-21-16)14-7-3-2-4-8-14/h2-10,12,20H,11H2,1H3. The first-order chi connectivity index (χ1) is 10.2. The van der Waals surface area contributed by atoms with Crippen LogP contribution in [-0.2, 0) is 6.54 Å². The minimum absolute atomic E-state index is 0.199. The van der Waals surface area contributed by atoms with E-state index in [1.54, 1.807) is 17.4 Å². The van der Waals surface area contributed by atoms with Crippen LogP contribution >= 0.6 is 11.3 Å². The van der Waals surface area contributed by atoms with Crippen LogP contribution in [0.5, 0.6) is 0 Å². The predicted octanol–water partition coefficient (Wildman–Crippen LogP) is 5.47. The van der Waals surface area contributed by atoms with Crippen LogP contribution in [0.3, 0.4) is 0 Å². The largest absolute Gasteiger partial charge is 0.378 e. The normalized spacial score (nSPS) is 10.6. The van der Waals surface area contributed by atoms with Gasteiger partial charge >= 0.3 is 0 Å². The molecule has 3 heteroatoms. The zero-order valence-electron chi connectivity index (χ0n) is 11.8. The monoisotopic (exact) mass is 297 g/mol. The van der Waals surface area contributed by atoms with Crippen LogP contribution < -0.4 is 5.32 Å². The van der Waals surface area contributed by atoms with Gasteiger partial charge < -0.3 is 5.32 Å². The summed E-state index contributed by atoms with van der Waals surface area (Å²) in [4.78, 5) is 1.19. The van der Waals surface area contributed by atoms with Gasteiger partial charge in [-0.15, -0.1) is 11.3 Å². The Labute approximate surface area is 128 Å². The number of para-hydroxylation sites is 1. The van der Waals surface area contributed by atoms with Crippen molar-refractivity contribution >= 4 is 17.0 Å². The summed E-state index contributed by atoms with van der Waals surface area (Å²) in [5.74, 6) is -0.199. The molecule has 1 heterocycles. The third-order valence-corrected chi connectivity index (χ3v) is 4.36. The number of nitrogens with one attached hydrogen (secondary N) is 1. The summed E-state index contributed by atoms with van der Waals surface area (Å²) in [5.41, 5.74) is 3.94. The van der Waals surface area contributed by atoms with Crippen LogP contribution in [0, 0.1) is 12.7 Å². The lowest BCUT2D eigenvalue weighted by atomic mass is 10.1. The Balaban J connectivity index is 1.74. The molecule has 106 valence electrons. The lowest BCUT2D eigenvalue weighted by Crippen LogP contribution is -2.01. The van der Waals surface area contributed by atoms with Crippen LogP contribution in [0.1, 0.15) is 10.4 Å². The quantitative estimate of drug-likeness (QED) is 0.673. The topological polar surface area (TPSA) is 12.0 Å². The Morgan fingerprint density at radius 3 is 2.57 bits per heavy atom. The number of hydrogen-bond donors (Lipinski definition) is 1. The van der Waals surface area contributed by atoms with Crippen LogP contribution in [0.4, 0.5) is 10.1 Å². The molecule has 3 aromatic rings. The van der Waals surface area contributed by atoms with Crippen molar-refractivity contribution in [3.05, 3.63) is 76.2 Å². The van der Waals surface area contributed by atoms with Gasteiger partial charge in [0.2, 0.25) is 0 Å². The van der Waals surface area contributed by atoms with E-state index in [0.717, 1.165) is 5.56 Å². The maximum absolute atomic E-state index is 13.8. The van der Waals surface area contributed by atoms with E-state index < -0.39 is 0 Å². The lowest BCUT2D eigenvalue weighted by Gasteiger charge is -2.09. The molecule has 1 aromatic heterocycles. The van der Waals surface area contributed by atoms with Gasteiger partial charge in [0.25, 0.3) is 0 Å². The van der Waals surface area contributed by atoms with Crippen LogP contribution in [0.25, 0.3) is 11.1 Å². The fourth-order valence-corrected chi connectivity index (χ4v) is 3.12. The molecule has 21 heavy (non-hydrogen) atoms. The average molecular weight is 297 g/mol. The van der Waals surface area contributed by atoms with E-state index in [1.807, 2.05) is 31.2 Å². The molecule has 0 amide bonds. The van der Waals surface area contributed by atoms with Crippen molar-refractivity contribution in [2.75, 3.05) is 5.32 Å². The molecule has 0 saturated carbocycles. The molecule has 0 aliphatic heterocycles. The SMILES string of the molecule is Cc1cccc(F)c1NCc1cc(-c2ccccc2)cs1. The fraction of sp³-hybridized carbons (Fsp3) is 0.111. The van der Waals surface area contributed by atoms with Crippen LogP contribution in [0.15, 0.2) is 60.0 Å². The molecule has 1 N–H and O–H groups in total. The summed E-state index contributed by atoms with van der Waals surface area (Å²) in [6.07, 6.45) is 0. The summed E-state index contributed by atoms with van der Waals surface area (Å²) >= 11 is 1.69. The Kier molecular flexibility index (Phi) is 4.02. The van der Waals surface area contributed by atoms with Crippen molar-refractivity contribution < 1.29 is 4.39 Å². The molecule has 0 aliphatic rings. The summed E-state index contributed by atoms with van der Waals surface area (Å²) in [6.45, 7) is 2.55. The highest BCUT2D eigenvalue weighted by Crippen LogP contribution is 2.27. The van der Waals surface area contributed by atoms with E-state index in [9.17, 15) is 4.39 Å². The van der Waals surface area contributed by atoms with Crippen molar-refractivity contribution in [2.24, 2.45) is 0 Å². The minimum Gasteiger partial charge on any atom is -0.378 e. The van der Waals surface area contributed by atoms with E-state index in [0.29, 0.717) is 12.2 Å². The third-order valence-electron chi connectivity index (χ3n) is 3.42. The van der Waals surface area contributed by atoms with Gasteiger partial charge in [-0.2, -0.15) is 0 Å². The van der Waals surface area contributed by atoms with Gasteiger partial charge in [0.1, 0.15) is 5.82 Å². The number of hydrogen-bond acceptors (Lipinski definition) is 2. The second kappa shape index (κ2) is 6.10. The summed E-state index contributed by atoms with van der Waals surface area (Å²) in [7, 11) is 0. The summed E-state index contributed by atoms with van der Waals surface area (Å²) < 4.78 is 13.8. The average Bonchev–Trinajstić information content (AvgIpc) is 2.97. The number of anilines is 1. The summed E-state index contributed by atoms with van der Waals surface area (Å²) in [5, 5.41) is 5.34. The Morgan fingerprint density at radius 2 is 1.81 bits per heavy atom. The number of rotatable bonds is 4. The maximum Gasteiger partial charge on any atom is 0.146 e. The van der Waals surface area contributed by atoms with Crippen molar-refractivity contribution in [2.45, 2.75) is 13.5 Å². The molecular weight excluding hydrogens is 281 g/mol. The number of aryl methyl sites for hydroxylation is 1. The van der Waals surface area contributed by atoms with E-state index >= 15 is 0 Å². The Hall–Kier alpha value is -2.13. The van der Waals surface area contributed by atoms with E-state index in [2.05, 4.69) is 28.9 Å². The number of benzene rings is 2. The highest BCUT2D eigenvalue weighted by molar-refractivity contribution is 7.10. The van der Waals surface area contributed by atoms with Crippen molar-refractivity contribution in [3.63, 3.8) is 0 Å². The van der Waals surface area contributed by atoms with Crippen LogP contribution in [0.2, 0.25) is 0 Å². The molecule has 3 rings (SSSR count). The van der Waals surface area contributed by atoms with E-state index in [-0.39, 0.29) is 5.82 Å². The Bertz CT molecular complexity index is 714. The second-order valence-corrected chi connectivity index (χ2v) is 5.95. The smallest absolute Gasteiger partial charge is 0.146 e. The molecule has 0 unspecified atom stereocenters. The molecule has 0 atom stereocenters. The molecule has 0 radical (unpaired) electrons. The lowest BCUT2D eigenvalue weighted by molar-refractivity contribution is 0.629. The van der Waals surface area contributed by atoms with Crippen molar-refractivity contribution in [1.82, 2.24) is 0 Å². The van der Waals surface area contributed by atoms with Crippen molar-refractivity contribution in [1.29, 1.82) is 0 Å². The van der Waals surface area contributed by atoms with Crippen molar-refractivity contribution in [3.8, 4) is 11.1 Å². The third kappa shape index (κ3) is 3.14. The fourth-order valence-electron chi connectivity index (χ4n) is 2.29. The first-order valence-corrected chi connectivity index (χ1v) is 7.74. The van der Waals surface area contributed by atoms with Gasteiger partial charge in [-0.25, -0.2) is 4.39 Å². The highest BCUT2D eigenvalue weighted by atomic mass is 32.1. The van der Waals surface area contributed by atoms with Gasteiger partial charge in [0, 0.05) is 11.4 Å². The van der Waals surface area contributed by atoms with Gasteiger partial charge in [-0.05, 0) is 41.1 Å². The molecule has 0 spiro atoms. The summed E-state index contributed by atoms with van der Waals surface area (Å²) in [6, 6.07) is 17.6. The number of halogens is 1.